The largest absolute Gasteiger partial charge is 0.399 e. The molecule has 1 aliphatic carbocycles. The number of nitriles is 3. The van der Waals surface area contributed by atoms with Crippen molar-refractivity contribution in [2.75, 3.05) is 19.6 Å². The minimum Gasteiger partial charge on any atom is -0.399 e. The van der Waals surface area contributed by atoms with Crippen molar-refractivity contribution in [2.24, 2.45) is 17.1 Å². The van der Waals surface area contributed by atoms with Crippen LogP contribution in [0, 0.1) is 45.3 Å². The smallest absolute Gasteiger partial charge is 0.191 e. The summed E-state index contributed by atoms with van der Waals surface area (Å²) in [6, 6.07) is 8.44. The third kappa shape index (κ3) is 2.53. The SMILES string of the molecule is CCCN1CC=C2C(C#N)=C(N)C(C#N)(C#N)C(c3ccsc3)[C@@H]2C1. The van der Waals surface area contributed by atoms with Gasteiger partial charge in [-0.1, -0.05) is 13.0 Å². The van der Waals surface area contributed by atoms with Crippen molar-refractivity contribution in [1.82, 2.24) is 4.90 Å². The van der Waals surface area contributed by atoms with E-state index in [9.17, 15) is 15.8 Å². The van der Waals surface area contributed by atoms with E-state index >= 15 is 0 Å². The second-order valence-corrected chi connectivity index (χ2v) is 7.27. The predicted molar refractivity (Wildman–Crippen MR) is 95.8 cm³/mol. The molecule has 0 spiro atoms. The van der Waals surface area contributed by atoms with Crippen molar-refractivity contribution >= 4 is 11.3 Å². The summed E-state index contributed by atoms with van der Waals surface area (Å²) in [6.07, 6.45) is 3.08. The monoisotopic (exact) mass is 349 g/mol. The highest BCUT2D eigenvalue weighted by Crippen LogP contribution is 2.54. The van der Waals surface area contributed by atoms with E-state index in [1.165, 1.54) is 11.3 Å². The molecule has 2 atom stereocenters. The van der Waals surface area contributed by atoms with Crippen LogP contribution in [0.2, 0.25) is 0 Å². The van der Waals surface area contributed by atoms with Crippen LogP contribution in [-0.2, 0) is 0 Å². The van der Waals surface area contributed by atoms with Crippen molar-refractivity contribution in [2.45, 2.75) is 19.3 Å². The fourth-order valence-corrected chi connectivity index (χ4v) is 4.76. The topological polar surface area (TPSA) is 101 Å². The zero-order valence-corrected chi connectivity index (χ0v) is 14.9. The summed E-state index contributed by atoms with van der Waals surface area (Å²) in [5.41, 5.74) is 6.99. The Hall–Kier alpha value is -2.59. The molecular formula is C19H19N5S. The van der Waals surface area contributed by atoms with Crippen LogP contribution in [0.1, 0.15) is 24.8 Å². The number of nitrogens with zero attached hydrogens (tertiary/aromatic N) is 4. The molecule has 0 amide bonds. The fraction of sp³-hybridized carbons (Fsp3) is 0.421. The zero-order valence-electron chi connectivity index (χ0n) is 14.1. The maximum Gasteiger partial charge on any atom is 0.191 e. The number of hydrogen-bond acceptors (Lipinski definition) is 6. The first-order valence-electron chi connectivity index (χ1n) is 8.30. The minimum absolute atomic E-state index is 0.0869. The summed E-state index contributed by atoms with van der Waals surface area (Å²) in [7, 11) is 0. The molecule has 3 rings (SSSR count). The molecule has 1 aliphatic heterocycles. The van der Waals surface area contributed by atoms with E-state index in [0.717, 1.165) is 37.2 Å². The molecule has 2 heterocycles. The first-order chi connectivity index (χ1) is 12.1. The zero-order chi connectivity index (χ0) is 18.0. The molecule has 2 aliphatic rings. The van der Waals surface area contributed by atoms with Crippen LogP contribution >= 0.6 is 11.3 Å². The Morgan fingerprint density at radius 2 is 2.12 bits per heavy atom. The van der Waals surface area contributed by atoms with Gasteiger partial charge in [0, 0.05) is 24.9 Å². The number of rotatable bonds is 3. The van der Waals surface area contributed by atoms with E-state index in [1.54, 1.807) is 0 Å². The molecule has 0 bridgehead atoms. The van der Waals surface area contributed by atoms with Gasteiger partial charge in [0.2, 0.25) is 0 Å². The first kappa shape index (κ1) is 17.2. The van der Waals surface area contributed by atoms with E-state index in [2.05, 4.69) is 30.0 Å². The fourth-order valence-electron chi connectivity index (χ4n) is 4.07. The van der Waals surface area contributed by atoms with Gasteiger partial charge < -0.3 is 5.73 Å². The second kappa shape index (κ2) is 6.73. The van der Waals surface area contributed by atoms with Crippen molar-refractivity contribution < 1.29 is 0 Å². The van der Waals surface area contributed by atoms with Crippen molar-refractivity contribution in [3.63, 3.8) is 0 Å². The molecule has 0 saturated heterocycles. The molecule has 1 unspecified atom stereocenters. The second-order valence-electron chi connectivity index (χ2n) is 6.49. The summed E-state index contributed by atoms with van der Waals surface area (Å²) in [6.45, 7) is 4.57. The predicted octanol–water partition coefficient (Wildman–Crippen LogP) is 2.88. The number of fused-ring (bicyclic) bond motifs is 1. The van der Waals surface area contributed by atoms with Gasteiger partial charge in [0.15, 0.2) is 5.41 Å². The molecule has 0 fully saturated rings. The summed E-state index contributed by atoms with van der Waals surface area (Å²) in [5.74, 6) is -0.451. The van der Waals surface area contributed by atoms with Gasteiger partial charge in [-0.15, -0.1) is 0 Å². The van der Waals surface area contributed by atoms with Crippen LogP contribution in [0.15, 0.2) is 39.7 Å². The molecule has 6 heteroatoms. The van der Waals surface area contributed by atoms with Gasteiger partial charge in [-0.05, 0) is 40.9 Å². The Morgan fingerprint density at radius 3 is 2.68 bits per heavy atom. The minimum atomic E-state index is -1.51. The lowest BCUT2D eigenvalue weighted by molar-refractivity contribution is 0.207. The molecule has 126 valence electrons. The van der Waals surface area contributed by atoms with Gasteiger partial charge in [0.25, 0.3) is 0 Å². The van der Waals surface area contributed by atoms with E-state index in [4.69, 9.17) is 5.73 Å². The Balaban J connectivity index is 2.24. The molecule has 2 N–H and O–H groups in total. The van der Waals surface area contributed by atoms with Gasteiger partial charge in [0.05, 0.1) is 23.4 Å². The van der Waals surface area contributed by atoms with Gasteiger partial charge in [-0.2, -0.15) is 27.1 Å². The molecule has 1 aromatic heterocycles. The standard InChI is InChI=1S/C19H19N5S/c1-2-5-24-6-3-14-15(8-20)18(23)19(11-21,12-22)17(16(14)9-24)13-4-7-25-10-13/h3-4,7,10,16-17H,2,5-6,9,23H2,1H3/t16-,17?/m1/s1. The highest BCUT2D eigenvalue weighted by atomic mass is 32.1. The average Bonchev–Trinajstić information content (AvgIpc) is 3.15. The van der Waals surface area contributed by atoms with Crippen LogP contribution < -0.4 is 5.73 Å². The molecule has 25 heavy (non-hydrogen) atoms. The Kier molecular flexibility index (Phi) is 4.64. The maximum atomic E-state index is 9.93. The third-order valence-corrected chi connectivity index (χ3v) is 5.88. The van der Waals surface area contributed by atoms with E-state index in [0.29, 0.717) is 5.57 Å². The molecule has 0 radical (unpaired) electrons. The van der Waals surface area contributed by atoms with Crippen LogP contribution in [0.3, 0.4) is 0 Å². The highest BCUT2D eigenvalue weighted by Gasteiger charge is 2.54. The summed E-state index contributed by atoms with van der Waals surface area (Å²) in [4.78, 5) is 2.31. The lowest BCUT2D eigenvalue weighted by Crippen LogP contribution is -2.48. The van der Waals surface area contributed by atoms with Gasteiger partial charge in [-0.25, -0.2) is 0 Å². The lowest BCUT2D eigenvalue weighted by Gasteiger charge is -2.45. The van der Waals surface area contributed by atoms with Crippen molar-refractivity contribution in [3.8, 4) is 18.2 Å². The number of allylic oxidation sites excluding steroid dienone is 2. The van der Waals surface area contributed by atoms with Gasteiger partial charge in [-0.3, -0.25) is 4.90 Å². The van der Waals surface area contributed by atoms with Crippen molar-refractivity contribution in [3.05, 3.63) is 45.3 Å². The van der Waals surface area contributed by atoms with Crippen molar-refractivity contribution in [1.29, 1.82) is 15.8 Å². The quantitative estimate of drug-likeness (QED) is 0.904. The van der Waals surface area contributed by atoms with E-state index in [1.807, 2.05) is 22.9 Å². The van der Waals surface area contributed by atoms with Crippen LogP contribution in [0.25, 0.3) is 0 Å². The Bertz CT molecular complexity index is 830. The van der Waals surface area contributed by atoms with Crippen LogP contribution in [0.5, 0.6) is 0 Å². The van der Waals surface area contributed by atoms with Gasteiger partial charge >= 0.3 is 0 Å². The normalized spacial score (nSPS) is 25.3. The number of hydrogen-bond donors (Lipinski definition) is 1. The Morgan fingerprint density at radius 1 is 1.36 bits per heavy atom. The first-order valence-corrected chi connectivity index (χ1v) is 9.24. The average molecular weight is 349 g/mol. The summed E-state index contributed by atoms with van der Waals surface area (Å²) in [5, 5.41) is 33.4. The summed E-state index contributed by atoms with van der Waals surface area (Å²) >= 11 is 1.54. The lowest BCUT2D eigenvalue weighted by atomic mass is 9.58. The maximum absolute atomic E-state index is 9.93. The molecule has 0 aromatic carbocycles. The molecule has 0 saturated carbocycles. The van der Waals surface area contributed by atoms with Crippen LogP contribution in [0.4, 0.5) is 0 Å². The number of thiophene rings is 1. The van der Waals surface area contributed by atoms with E-state index < -0.39 is 5.41 Å². The van der Waals surface area contributed by atoms with Crippen LogP contribution in [-0.4, -0.2) is 24.5 Å². The molecular weight excluding hydrogens is 330 g/mol. The summed E-state index contributed by atoms with van der Waals surface area (Å²) < 4.78 is 0. The highest BCUT2D eigenvalue weighted by molar-refractivity contribution is 7.08. The third-order valence-electron chi connectivity index (χ3n) is 5.18. The molecule has 1 aromatic rings. The molecule has 5 nitrogen and oxygen atoms in total. The van der Waals surface area contributed by atoms with E-state index in [-0.39, 0.29) is 17.5 Å². The Labute approximate surface area is 151 Å². The number of nitrogens with two attached hydrogens (primary N) is 1. The van der Waals surface area contributed by atoms with Gasteiger partial charge in [0.1, 0.15) is 6.07 Å².